The highest BCUT2D eigenvalue weighted by molar-refractivity contribution is 7.87. The monoisotopic (exact) mass is 285 g/mol. The van der Waals surface area contributed by atoms with E-state index < -0.39 is 34.3 Å². The lowest BCUT2D eigenvalue weighted by Crippen LogP contribution is -2.28. The molecule has 0 radical (unpaired) electrons. The van der Waals surface area contributed by atoms with Crippen LogP contribution in [0, 0.1) is 11.3 Å². The minimum absolute atomic E-state index is 0.0422. The summed E-state index contributed by atoms with van der Waals surface area (Å²) in [6.45, 7) is -0.400. The first-order chi connectivity index (χ1) is 8.82. The third kappa shape index (κ3) is 2.45. The molecule has 1 atom stereocenters. The molecule has 1 aromatic heterocycles. The first kappa shape index (κ1) is 13.2. The van der Waals surface area contributed by atoms with Crippen LogP contribution in [-0.4, -0.2) is 36.1 Å². The van der Waals surface area contributed by atoms with Crippen LogP contribution in [0.1, 0.15) is 12.0 Å². The van der Waals surface area contributed by atoms with Crippen molar-refractivity contribution in [2.24, 2.45) is 0 Å². The van der Waals surface area contributed by atoms with Gasteiger partial charge >= 0.3 is 10.2 Å². The van der Waals surface area contributed by atoms with E-state index in [-0.39, 0.29) is 17.3 Å². The number of hydrogen-bond acceptors (Lipinski definition) is 7. The summed E-state index contributed by atoms with van der Waals surface area (Å²) in [4.78, 5) is 19.9. The number of anilines is 2. The second-order valence-electron chi connectivity index (χ2n) is 3.88. The number of nitriles is 1. The third-order valence-electron chi connectivity index (χ3n) is 2.65. The molecule has 2 heterocycles. The fourth-order valence-electron chi connectivity index (χ4n) is 1.74. The number of hydrogen-bond donors (Lipinski definition) is 1. The normalized spacial score (nSPS) is 19.5. The molecule has 1 amide bonds. The predicted octanol–water partition coefficient (Wildman–Crippen LogP) is -0.665. The van der Waals surface area contributed by atoms with E-state index in [1.54, 1.807) is 6.07 Å². The van der Waals surface area contributed by atoms with Crippen molar-refractivity contribution < 1.29 is 17.1 Å². The average Bonchev–Trinajstić information content (AvgIpc) is 2.71. The van der Waals surface area contributed by atoms with E-state index >= 15 is 0 Å². The van der Waals surface area contributed by atoms with Gasteiger partial charge in [0.1, 0.15) is 16.9 Å². The summed E-state index contributed by atoms with van der Waals surface area (Å²) < 4.78 is 34.5. The van der Waals surface area contributed by atoms with Crippen LogP contribution in [-0.2, 0) is 15.0 Å². The molecule has 0 aromatic carbocycles. The van der Waals surface area contributed by atoms with E-state index in [4.69, 9.17) is 11.0 Å². The van der Waals surface area contributed by atoms with Crippen LogP contribution < -0.4 is 10.6 Å². The Morgan fingerprint density at radius 1 is 1.58 bits per heavy atom. The van der Waals surface area contributed by atoms with Crippen molar-refractivity contribution in [3.63, 3.8) is 0 Å². The van der Waals surface area contributed by atoms with E-state index in [9.17, 15) is 17.1 Å². The van der Waals surface area contributed by atoms with E-state index in [0.29, 0.717) is 0 Å². The van der Waals surface area contributed by atoms with Gasteiger partial charge in [0.25, 0.3) is 0 Å². The van der Waals surface area contributed by atoms with Gasteiger partial charge in [-0.3, -0.25) is 9.69 Å². The van der Waals surface area contributed by atoms with Crippen LogP contribution in [0.5, 0.6) is 0 Å². The topological polar surface area (TPSA) is 130 Å². The van der Waals surface area contributed by atoms with Crippen LogP contribution in [0.15, 0.2) is 6.20 Å². The highest BCUT2D eigenvalue weighted by atomic mass is 32.3. The Bertz CT molecular complexity index is 684. The minimum atomic E-state index is -4.83. The summed E-state index contributed by atoms with van der Waals surface area (Å²) in [5.74, 6) is -0.916. The Morgan fingerprint density at radius 3 is 2.79 bits per heavy atom. The summed E-state index contributed by atoms with van der Waals surface area (Å²) in [7, 11) is -4.83. The Labute approximate surface area is 107 Å². The largest absolute Gasteiger partial charge is 0.368 e. The van der Waals surface area contributed by atoms with Gasteiger partial charge < -0.3 is 5.73 Å². The van der Waals surface area contributed by atoms with Crippen molar-refractivity contribution in [1.82, 2.24) is 9.97 Å². The number of halogens is 1. The number of nitrogen functional groups attached to an aromatic ring is 1. The molecule has 1 aliphatic heterocycles. The SMILES string of the molecule is N#Cc1cnc(N)nc1N1CC(S(=O)(=O)F)CC1=O. The molecule has 8 nitrogen and oxygen atoms in total. The zero-order chi connectivity index (χ0) is 14.2. The van der Waals surface area contributed by atoms with E-state index in [2.05, 4.69) is 9.97 Å². The fourth-order valence-corrected chi connectivity index (χ4v) is 2.41. The van der Waals surface area contributed by atoms with Gasteiger partial charge in [0.2, 0.25) is 11.9 Å². The molecule has 0 saturated carbocycles. The molecule has 0 bridgehead atoms. The molecule has 1 aromatic rings. The molecule has 19 heavy (non-hydrogen) atoms. The van der Waals surface area contributed by atoms with Gasteiger partial charge in [-0.1, -0.05) is 0 Å². The van der Waals surface area contributed by atoms with Crippen LogP contribution in [0.3, 0.4) is 0 Å². The van der Waals surface area contributed by atoms with Crippen molar-refractivity contribution in [3.05, 3.63) is 11.8 Å². The average molecular weight is 285 g/mol. The predicted molar refractivity (Wildman–Crippen MR) is 61.9 cm³/mol. The number of aromatic nitrogens is 2. The first-order valence-electron chi connectivity index (χ1n) is 5.09. The number of nitrogens with two attached hydrogens (primary N) is 1. The van der Waals surface area contributed by atoms with Crippen molar-refractivity contribution in [3.8, 4) is 6.07 Å². The molecule has 1 unspecified atom stereocenters. The summed E-state index contributed by atoms with van der Waals surface area (Å²) >= 11 is 0. The fraction of sp³-hybridized carbons (Fsp3) is 0.333. The lowest BCUT2D eigenvalue weighted by molar-refractivity contribution is -0.117. The third-order valence-corrected chi connectivity index (χ3v) is 3.76. The van der Waals surface area contributed by atoms with Crippen LogP contribution in [0.25, 0.3) is 0 Å². The van der Waals surface area contributed by atoms with Gasteiger partial charge in [0.05, 0.1) is 6.20 Å². The molecule has 2 rings (SSSR count). The Morgan fingerprint density at radius 2 is 2.26 bits per heavy atom. The number of carbonyl (C=O) groups is 1. The van der Waals surface area contributed by atoms with Gasteiger partial charge in [-0.25, -0.2) is 4.98 Å². The maximum atomic E-state index is 12.9. The van der Waals surface area contributed by atoms with E-state index in [1.165, 1.54) is 0 Å². The molecule has 0 aliphatic carbocycles. The molecular formula is C9H8FN5O3S. The van der Waals surface area contributed by atoms with Gasteiger partial charge in [-0.05, 0) is 0 Å². The Hall–Kier alpha value is -2.28. The van der Waals surface area contributed by atoms with Gasteiger partial charge in [-0.2, -0.15) is 18.7 Å². The highest BCUT2D eigenvalue weighted by Crippen LogP contribution is 2.26. The zero-order valence-electron chi connectivity index (χ0n) is 9.45. The standard InChI is InChI=1S/C9H8FN5O3S/c10-19(17,18)6-1-7(16)15(4-6)8-5(2-11)3-13-9(12)14-8/h3,6H,1,4H2,(H2,12,13,14). The van der Waals surface area contributed by atoms with Crippen LogP contribution in [0.2, 0.25) is 0 Å². The lowest BCUT2D eigenvalue weighted by atomic mass is 10.3. The summed E-state index contributed by atoms with van der Waals surface area (Å²) in [6.07, 6.45) is 0.621. The second-order valence-corrected chi connectivity index (χ2v) is 5.50. The summed E-state index contributed by atoms with van der Waals surface area (Å²) in [5, 5.41) is 7.42. The number of rotatable bonds is 2. The molecule has 1 aliphatic rings. The Kier molecular flexibility index (Phi) is 3.07. The summed E-state index contributed by atoms with van der Waals surface area (Å²) in [6, 6.07) is 1.76. The summed E-state index contributed by atoms with van der Waals surface area (Å²) in [5.41, 5.74) is 5.31. The van der Waals surface area contributed by atoms with Crippen LogP contribution >= 0.6 is 0 Å². The molecule has 2 N–H and O–H groups in total. The number of nitrogens with zero attached hydrogens (tertiary/aromatic N) is 4. The maximum Gasteiger partial charge on any atom is 0.307 e. The van der Waals surface area contributed by atoms with Crippen LogP contribution in [0.4, 0.5) is 15.7 Å². The highest BCUT2D eigenvalue weighted by Gasteiger charge is 2.40. The lowest BCUT2D eigenvalue weighted by Gasteiger charge is -2.15. The first-order valence-corrected chi connectivity index (χ1v) is 6.54. The molecule has 1 saturated heterocycles. The van der Waals surface area contributed by atoms with Gasteiger partial charge in [-0.15, -0.1) is 3.89 Å². The molecule has 1 fully saturated rings. The number of carbonyl (C=O) groups excluding carboxylic acids is 1. The van der Waals surface area contributed by atoms with Crippen molar-refractivity contribution in [2.45, 2.75) is 11.7 Å². The quantitative estimate of drug-likeness (QED) is 0.713. The molecular weight excluding hydrogens is 277 g/mol. The van der Waals surface area contributed by atoms with Crippen molar-refractivity contribution >= 4 is 27.9 Å². The van der Waals surface area contributed by atoms with E-state index in [1.807, 2.05) is 0 Å². The smallest absolute Gasteiger partial charge is 0.307 e. The van der Waals surface area contributed by atoms with Gasteiger partial charge in [0, 0.05) is 13.0 Å². The molecule has 10 heteroatoms. The maximum absolute atomic E-state index is 12.9. The minimum Gasteiger partial charge on any atom is -0.368 e. The van der Waals surface area contributed by atoms with Crippen molar-refractivity contribution in [2.75, 3.05) is 17.2 Å². The zero-order valence-corrected chi connectivity index (χ0v) is 10.3. The van der Waals surface area contributed by atoms with Gasteiger partial charge in [0.15, 0.2) is 5.82 Å². The van der Waals surface area contributed by atoms with E-state index in [0.717, 1.165) is 11.1 Å². The number of amides is 1. The molecule has 0 spiro atoms. The Balaban J connectivity index is 2.42. The molecule has 100 valence electrons. The van der Waals surface area contributed by atoms with Crippen molar-refractivity contribution in [1.29, 1.82) is 5.26 Å². The second kappa shape index (κ2) is 4.43.